The molecular formula is C13H11FN2O3. The number of rotatable bonds is 4. The third-order valence-electron chi connectivity index (χ3n) is 2.55. The van der Waals surface area contributed by atoms with Gasteiger partial charge in [-0.2, -0.15) is 0 Å². The molecule has 0 radical (unpaired) electrons. The molecule has 98 valence electrons. The Morgan fingerprint density at radius 2 is 2.11 bits per heavy atom. The highest BCUT2D eigenvalue weighted by Gasteiger charge is 2.08. The van der Waals surface area contributed by atoms with Crippen LogP contribution in [0.3, 0.4) is 0 Å². The van der Waals surface area contributed by atoms with E-state index >= 15 is 0 Å². The zero-order valence-electron chi connectivity index (χ0n) is 9.89. The number of nitrogens with one attached hydrogen (secondary N) is 1. The van der Waals surface area contributed by atoms with Crippen molar-refractivity contribution in [3.05, 3.63) is 63.6 Å². The van der Waals surface area contributed by atoms with Crippen molar-refractivity contribution in [1.82, 2.24) is 9.97 Å². The van der Waals surface area contributed by atoms with Crippen molar-refractivity contribution in [2.45, 2.75) is 12.8 Å². The Hall–Kier alpha value is -2.50. The Labute approximate surface area is 107 Å². The molecule has 0 saturated carbocycles. The standard InChI is InChI=1S/C13H11FN2O3/c14-9-3-1-2-8(6-9)4-5-11-15-10(13(18)19)7-12(17)16-11/h1-3,6-7H,4-5H2,(H,18,19)(H,15,16,17). The summed E-state index contributed by atoms with van der Waals surface area (Å²) >= 11 is 0. The lowest BCUT2D eigenvalue weighted by atomic mass is 10.1. The molecule has 1 aromatic carbocycles. The van der Waals surface area contributed by atoms with Crippen LogP contribution in [0.15, 0.2) is 35.1 Å². The van der Waals surface area contributed by atoms with Crippen molar-refractivity contribution in [2.24, 2.45) is 0 Å². The van der Waals surface area contributed by atoms with E-state index in [9.17, 15) is 14.0 Å². The molecule has 1 aromatic heterocycles. The Morgan fingerprint density at radius 3 is 2.79 bits per heavy atom. The van der Waals surface area contributed by atoms with Gasteiger partial charge in [-0.1, -0.05) is 12.1 Å². The molecule has 2 rings (SSSR count). The van der Waals surface area contributed by atoms with E-state index in [1.165, 1.54) is 12.1 Å². The van der Waals surface area contributed by atoms with E-state index in [0.29, 0.717) is 12.8 Å². The van der Waals surface area contributed by atoms with Crippen LogP contribution in [-0.4, -0.2) is 21.0 Å². The lowest BCUT2D eigenvalue weighted by molar-refractivity contribution is 0.0689. The number of carbonyl (C=O) groups is 1. The van der Waals surface area contributed by atoms with E-state index in [1.54, 1.807) is 12.1 Å². The monoisotopic (exact) mass is 262 g/mol. The van der Waals surface area contributed by atoms with Crippen LogP contribution in [0.25, 0.3) is 0 Å². The van der Waals surface area contributed by atoms with E-state index in [-0.39, 0.29) is 17.3 Å². The van der Waals surface area contributed by atoms with E-state index in [4.69, 9.17) is 5.11 Å². The summed E-state index contributed by atoms with van der Waals surface area (Å²) in [5, 5.41) is 8.79. The van der Waals surface area contributed by atoms with E-state index in [1.807, 2.05) is 0 Å². The minimum atomic E-state index is -1.25. The number of carboxylic acids is 1. The molecule has 19 heavy (non-hydrogen) atoms. The first-order valence-corrected chi connectivity index (χ1v) is 5.62. The molecular weight excluding hydrogens is 251 g/mol. The van der Waals surface area contributed by atoms with Gasteiger partial charge >= 0.3 is 5.97 Å². The number of aromatic carboxylic acids is 1. The molecule has 0 bridgehead atoms. The first kappa shape index (κ1) is 12.9. The molecule has 0 unspecified atom stereocenters. The maximum Gasteiger partial charge on any atom is 0.354 e. The maximum atomic E-state index is 13.0. The number of hydrogen-bond acceptors (Lipinski definition) is 3. The average molecular weight is 262 g/mol. The van der Waals surface area contributed by atoms with Crippen LogP contribution in [-0.2, 0) is 12.8 Å². The zero-order chi connectivity index (χ0) is 13.8. The third-order valence-corrected chi connectivity index (χ3v) is 2.55. The number of aromatic nitrogens is 2. The van der Waals surface area contributed by atoms with Crippen molar-refractivity contribution in [3.8, 4) is 0 Å². The van der Waals surface area contributed by atoms with Crippen LogP contribution in [0.1, 0.15) is 21.9 Å². The summed E-state index contributed by atoms with van der Waals surface area (Å²) < 4.78 is 13.0. The van der Waals surface area contributed by atoms with Gasteiger partial charge in [0.15, 0.2) is 5.69 Å². The average Bonchev–Trinajstić information content (AvgIpc) is 2.36. The molecule has 0 atom stereocenters. The number of H-pyrrole nitrogens is 1. The van der Waals surface area contributed by atoms with Crippen molar-refractivity contribution < 1.29 is 14.3 Å². The normalized spacial score (nSPS) is 10.4. The Kier molecular flexibility index (Phi) is 3.70. The molecule has 2 N–H and O–H groups in total. The predicted octanol–water partition coefficient (Wildman–Crippen LogP) is 1.39. The molecule has 0 aliphatic rings. The molecule has 2 aromatic rings. The van der Waals surface area contributed by atoms with Crippen LogP contribution < -0.4 is 5.56 Å². The van der Waals surface area contributed by atoms with Gasteiger partial charge in [-0.15, -0.1) is 0 Å². The van der Waals surface area contributed by atoms with Gasteiger partial charge in [0, 0.05) is 12.5 Å². The number of nitrogens with zero attached hydrogens (tertiary/aromatic N) is 1. The first-order chi connectivity index (χ1) is 9.04. The smallest absolute Gasteiger partial charge is 0.354 e. The van der Waals surface area contributed by atoms with Gasteiger partial charge in [0.1, 0.15) is 11.6 Å². The second kappa shape index (κ2) is 5.43. The Balaban J connectivity index is 2.15. The van der Waals surface area contributed by atoms with Crippen molar-refractivity contribution in [3.63, 3.8) is 0 Å². The Morgan fingerprint density at radius 1 is 1.32 bits per heavy atom. The van der Waals surface area contributed by atoms with Crippen LogP contribution in [0.2, 0.25) is 0 Å². The number of halogens is 1. The molecule has 0 fully saturated rings. The van der Waals surface area contributed by atoms with E-state index in [2.05, 4.69) is 9.97 Å². The van der Waals surface area contributed by atoms with Gasteiger partial charge in [0.25, 0.3) is 5.56 Å². The molecule has 1 heterocycles. The van der Waals surface area contributed by atoms with Gasteiger partial charge in [-0.3, -0.25) is 4.79 Å². The fraction of sp³-hybridized carbons (Fsp3) is 0.154. The fourth-order valence-electron chi connectivity index (χ4n) is 1.69. The highest BCUT2D eigenvalue weighted by molar-refractivity contribution is 5.85. The summed E-state index contributed by atoms with van der Waals surface area (Å²) in [5.41, 5.74) is -0.0528. The van der Waals surface area contributed by atoms with Gasteiger partial charge in [0.2, 0.25) is 0 Å². The van der Waals surface area contributed by atoms with Crippen molar-refractivity contribution >= 4 is 5.97 Å². The van der Waals surface area contributed by atoms with Gasteiger partial charge in [-0.25, -0.2) is 14.2 Å². The highest BCUT2D eigenvalue weighted by atomic mass is 19.1. The zero-order valence-corrected chi connectivity index (χ0v) is 9.89. The van der Waals surface area contributed by atoms with Gasteiger partial charge in [0.05, 0.1) is 0 Å². The summed E-state index contributed by atoms with van der Waals surface area (Å²) in [6.07, 6.45) is 0.795. The number of benzene rings is 1. The summed E-state index contributed by atoms with van der Waals surface area (Å²) in [4.78, 5) is 28.3. The number of carboxylic acid groups (broad SMARTS) is 1. The Bertz CT molecular complexity index is 667. The largest absolute Gasteiger partial charge is 0.477 e. The number of aryl methyl sites for hydroxylation is 2. The SMILES string of the molecule is O=C(O)c1cc(=O)[nH]c(CCc2cccc(F)c2)n1. The second-order valence-corrected chi connectivity index (χ2v) is 4.01. The molecule has 6 heteroatoms. The minimum absolute atomic E-state index is 0.272. The highest BCUT2D eigenvalue weighted by Crippen LogP contribution is 2.06. The molecule has 0 aliphatic carbocycles. The summed E-state index contributed by atoms with van der Waals surface area (Å²) in [6.45, 7) is 0. The third kappa shape index (κ3) is 3.48. The predicted molar refractivity (Wildman–Crippen MR) is 65.6 cm³/mol. The molecule has 0 amide bonds. The second-order valence-electron chi connectivity index (χ2n) is 4.01. The van der Waals surface area contributed by atoms with Crippen LogP contribution in [0.5, 0.6) is 0 Å². The minimum Gasteiger partial charge on any atom is -0.477 e. The van der Waals surface area contributed by atoms with Crippen LogP contribution in [0, 0.1) is 5.82 Å². The van der Waals surface area contributed by atoms with Gasteiger partial charge in [-0.05, 0) is 24.1 Å². The van der Waals surface area contributed by atoms with E-state index in [0.717, 1.165) is 11.6 Å². The summed E-state index contributed by atoms with van der Waals surface area (Å²) in [6, 6.07) is 7.00. The first-order valence-electron chi connectivity index (χ1n) is 5.62. The fourth-order valence-corrected chi connectivity index (χ4v) is 1.69. The summed E-state index contributed by atoms with van der Waals surface area (Å²) in [7, 11) is 0. The quantitative estimate of drug-likeness (QED) is 0.872. The lowest BCUT2D eigenvalue weighted by Gasteiger charge is -2.02. The van der Waals surface area contributed by atoms with Gasteiger partial charge < -0.3 is 10.1 Å². The molecule has 5 nitrogen and oxygen atoms in total. The molecule has 0 spiro atoms. The topological polar surface area (TPSA) is 83.0 Å². The number of hydrogen-bond donors (Lipinski definition) is 2. The van der Waals surface area contributed by atoms with Crippen molar-refractivity contribution in [1.29, 1.82) is 0 Å². The van der Waals surface area contributed by atoms with E-state index < -0.39 is 11.5 Å². The summed E-state index contributed by atoms with van der Waals surface area (Å²) in [5.74, 6) is -1.31. The maximum absolute atomic E-state index is 13.0. The van der Waals surface area contributed by atoms with Crippen LogP contribution in [0.4, 0.5) is 4.39 Å². The molecule has 0 aliphatic heterocycles. The van der Waals surface area contributed by atoms with Crippen molar-refractivity contribution in [2.75, 3.05) is 0 Å². The molecule has 0 saturated heterocycles. The lowest BCUT2D eigenvalue weighted by Crippen LogP contribution is -2.16. The van der Waals surface area contributed by atoms with Crippen LogP contribution >= 0.6 is 0 Å². The number of aromatic amines is 1.